The molecular formula is C11H18O. The fourth-order valence-corrected chi connectivity index (χ4v) is 0.823. The Bertz CT molecular complexity index is 169. The van der Waals surface area contributed by atoms with Crippen LogP contribution in [0.5, 0.6) is 0 Å². The Morgan fingerprint density at radius 2 is 2.17 bits per heavy atom. The molecule has 0 amide bonds. The standard InChI is InChI=1S/C11H18O/c1-3-4-5-6-7-8-9-10-11(2)12/h7-8,11-12H,3-6H2,1-2H3/b8-7+. The van der Waals surface area contributed by atoms with Crippen molar-refractivity contribution in [2.24, 2.45) is 0 Å². The predicted octanol–water partition coefficient (Wildman–Crippen LogP) is 2.51. The van der Waals surface area contributed by atoms with Gasteiger partial charge in [-0.25, -0.2) is 0 Å². The molecule has 1 atom stereocenters. The van der Waals surface area contributed by atoms with E-state index < -0.39 is 6.10 Å². The Morgan fingerprint density at radius 1 is 1.42 bits per heavy atom. The van der Waals surface area contributed by atoms with Gasteiger partial charge in [0.05, 0.1) is 0 Å². The third-order valence-corrected chi connectivity index (χ3v) is 1.47. The summed E-state index contributed by atoms with van der Waals surface area (Å²) in [6.45, 7) is 3.86. The van der Waals surface area contributed by atoms with E-state index in [9.17, 15) is 0 Å². The van der Waals surface area contributed by atoms with Crippen LogP contribution in [-0.4, -0.2) is 11.2 Å². The Kier molecular flexibility index (Phi) is 7.84. The van der Waals surface area contributed by atoms with Gasteiger partial charge in [0.15, 0.2) is 0 Å². The molecule has 0 radical (unpaired) electrons. The molecule has 0 bridgehead atoms. The number of hydrogen-bond donors (Lipinski definition) is 1. The van der Waals surface area contributed by atoms with Crippen LogP contribution in [0.4, 0.5) is 0 Å². The summed E-state index contributed by atoms with van der Waals surface area (Å²) in [5, 5.41) is 8.79. The van der Waals surface area contributed by atoms with E-state index in [1.807, 2.05) is 6.08 Å². The average Bonchev–Trinajstić information content (AvgIpc) is 2.02. The minimum atomic E-state index is -0.509. The molecule has 1 N–H and O–H groups in total. The summed E-state index contributed by atoms with van der Waals surface area (Å²) in [6.07, 6.45) is 8.26. The summed E-state index contributed by atoms with van der Waals surface area (Å²) >= 11 is 0. The highest BCUT2D eigenvalue weighted by molar-refractivity contribution is 5.16. The molecular weight excluding hydrogens is 148 g/mol. The Balaban J connectivity index is 3.33. The van der Waals surface area contributed by atoms with Crippen LogP contribution >= 0.6 is 0 Å². The summed E-state index contributed by atoms with van der Waals surface area (Å²) < 4.78 is 0. The van der Waals surface area contributed by atoms with Gasteiger partial charge in [-0.05, 0) is 25.8 Å². The Hall–Kier alpha value is -0.740. The van der Waals surface area contributed by atoms with Crippen molar-refractivity contribution in [1.82, 2.24) is 0 Å². The molecule has 0 aromatic heterocycles. The zero-order chi connectivity index (χ0) is 9.23. The molecule has 0 aliphatic carbocycles. The van der Waals surface area contributed by atoms with Gasteiger partial charge in [-0.1, -0.05) is 37.7 Å². The van der Waals surface area contributed by atoms with Crippen LogP contribution in [0.2, 0.25) is 0 Å². The Labute approximate surface area is 75.5 Å². The van der Waals surface area contributed by atoms with Crippen LogP contribution in [0.1, 0.15) is 39.5 Å². The highest BCUT2D eigenvalue weighted by Gasteiger charge is 1.81. The molecule has 1 unspecified atom stereocenters. The van der Waals surface area contributed by atoms with E-state index in [4.69, 9.17) is 5.11 Å². The lowest BCUT2D eigenvalue weighted by atomic mass is 10.2. The van der Waals surface area contributed by atoms with Gasteiger partial charge in [0, 0.05) is 0 Å². The van der Waals surface area contributed by atoms with E-state index in [2.05, 4.69) is 24.8 Å². The van der Waals surface area contributed by atoms with E-state index in [1.54, 1.807) is 6.92 Å². The molecule has 0 aliphatic rings. The van der Waals surface area contributed by atoms with Crippen molar-refractivity contribution in [2.75, 3.05) is 0 Å². The van der Waals surface area contributed by atoms with E-state index in [-0.39, 0.29) is 0 Å². The number of aliphatic hydroxyl groups excluding tert-OH is 1. The minimum absolute atomic E-state index is 0.509. The van der Waals surface area contributed by atoms with E-state index >= 15 is 0 Å². The largest absolute Gasteiger partial charge is 0.381 e. The molecule has 0 saturated heterocycles. The topological polar surface area (TPSA) is 20.2 Å². The van der Waals surface area contributed by atoms with Crippen LogP contribution in [0.3, 0.4) is 0 Å². The fourth-order valence-electron chi connectivity index (χ4n) is 0.823. The van der Waals surface area contributed by atoms with Crippen molar-refractivity contribution in [3.05, 3.63) is 12.2 Å². The molecule has 0 fully saturated rings. The smallest absolute Gasteiger partial charge is 0.112 e. The van der Waals surface area contributed by atoms with Crippen LogP contribution in [-0.2, 0) is 0 Å². The molecule has 0 aromatic rings. The second kappa shape index (κ2) is 8.36. The van der Waals surface area contributed by atoms with E-state index in [1.165, 1.54) is 19.3 Å². The lowest BCUT2D eigenvalue weighted by Crippen LogP contribution is -1.91. The highest BCUT2D eigenvalue weighted by Crippen LogP contribution is 1.98. The molecule has 0 rings (SSSR count). The van der Waals surface area contributed by atoms with Crippen LogP contribution < -0.4 is 0 Å². The van der Waals surface area contributed by atoms with Gasteiger partial charge in [-0.15, -0.1) is 0 Å². The van der Waals surface area contributed by atoms with Gasteiger partial charge in [0.1, 0.15) is 6.10 Å². The number of aliphatic hydroxyl groups is 1. The molecule has 0 spiro atoms. The van der Waals surface area contributed by atoms with Crippen molar-refractivity contribution in [3.63, 3.8) is 0 Å². The van der Waals surface area contributed by atoms with Gasteiger partial charge < -0.3 is 5.11 Å². The number of allylic oxidation sites excluding steroid dienone is 2. The van der Waals surface area contributed by atoms with Crippen molar-refractivity contribution < 1.29 is 5.11 Å². The first-order chi connectivity index (χ1) is 5.77. The first kappa shape index (κ1) is 11.3. The van der Waals surface area contributed by atoms with Crippen molar-refractivity contribution >= 4 is 0 Å². The first-order valence-corrected chi connectivity index (χ1v) is 4.61. The fraction of sp³-hybridized carbons (Fsp3) is 0.636. The molecule has 0 saturated carbocycles. The second-order valence-corrected chi connectivity index (χ2v) is 2.86. The second-order valence-electron chi connectivity index (χ2n) is 2.86. The molecule has 0 aromatic carbocycles. The SMILES string of the molecule is CCCCC/C=C/C#CC(C)O. The maximum absolute atomic E-state index is 8.79. The first-order valence-electron chi connectivity index (χ1n) is 4.61. The molecule has 0 heterocycles. The van der Waals surface area contributed by atoms with Crippen molar-refractivity contribution in [2.45, 2.75) is 45.6 Å². The lowest BCUT2D eigenvalue weighted by molar-refractivity contribution is 0.253. The molecule has 68 valence electrons. The van der Waals surface area contributed by atoms with Crippen molar-refractivity contribution in [3.8, 4) is 11.8 Å². The van der Waals surface area contributed by atoms with Crippen molar-refractivity contribution in [1.29, 1.82) is 0 Å². The Morgan fingerprint density at radius 3 is 2.75 bits per heavy atom. The number of rotatable bonds is 4. The third kappa shape index (κ3) is 9.26. The normalized spacial score (nSPS) is 12.6. The van der Waals surface area contributed by atoms with E-state index in [0.717, 1.165) is 6.42 Å². The summed E-state index contributed by atoms with van der Waals surface area (Å²) in [6, 6.07) is 0. The molecule has 12 heavy (non-hydrogen) atoms. The van der Waals surface area contributed by atoms with E-state index in [0.29, 0.717) is 0 Å². The van der Waals surface area contributed by atoms with Gasteiger partial charge in [-0.3, -0.25) is 0 Å². The zero-order valence-electron chi connectivity index (χ0n) is 8.01. The van der Waals surface area contributed by atoms with Gasteiger partial charge in [0.2, 0.25) is 0 Å². The monoisotopic (exact) mass is 166 g/mol. The molecule has 0 aliphatic heterocycles. The van der Waals surface area contributed by atoms with Gasteiger partial charge in [0.25, 0.3) is 0 Å². The average molecular weight is 166 g/mol. The summed E-state index contributed by atoms with van der Waals surface area (Å²) in [4.78, 5) is 0. The summed E-state index contributed by atoms with van der Waals surface area (Å²) in [5.74, 6) is 5.44. The number of unbranched alkanes of at least 4 members (excludes halogenated alkanes) is 3. The summed E-state index contributed by atoms with van der Waals surface area (Å²) in [5.41, 5.74) is 0. The quantitative estimate of drug-likeness (QED) is 0.502. The predicted molar refractivity (Wildman–Crippen MR) is 52.7 cm³/mol. The minimum Gasteiger partial charge on any atom is -0.381 e. The van der Waals surface area contributed by atoms with Gasteiger partial charge in [-0.2, -0.15) is 0 Å². The van der Waals surface area contributed by atoms with Crippen LogP contribution in [0.25, 0.3) is 0 Å². The zero-order valence-corrected chi connectivity index (χ0v) is 8.01. The van der Waals surface area contributed by atoms with Gasteiger partial charge >= 0.3 is 0 Å². The molecule has 1 nitrogen and oxygen atoms in total. The highest BCUT2D eigenvalue weighted by atomic mass is 16.3. The third-order valence-electron chi connectivity index (χ3n) is 1.47. The lowest BCUT2D eigenvalue weighted by Gasteiger charge is -1.89. The van der Waals surface area contributed by atoms with Crippen LogP contribution in [0.15, 0.2) is 12.2 Å². The van der Waals surface area contributed by atoms with Crippen LogP contribution in [0, 0.1) is 11.8 Å². The summed E-state index contributed by atoms with van der Waals surface area (Å²) in [7, 11) is 0. The maximum Gasteiger partial charge on any atom is 0.112 e. The molecule has 1 heteroatoms. The number of hydrogen-bond acceptors (Lipinski definition) is 1. The maximum atomic E-state index is 8.79.